The van der Waals surface area contributed by atoms with Crippen molar-refractivity contribution in [1.82, 2.24) is 19.9 Å². The van der Waals surface area contributed by atoms with E-state index in [2.05, 4.69) is 30.5 Å². The van der Waals surface area contributed by atoms with Crippen molar-refractivity contribution in [2.45, 2.75) is 6.92 Å². The molecule has 2 aromatic heterocycles. The van der Waals surface area contributed by atoms with Gasteiger partial charge in [0.25, 0.3) is 0 Å². The Morgan fingerprint density at radius 1 is 1.23 bits per heavy atom. The van der Waals surface area contributed by atoms with Crippen LogP contribution >= 0.6 is 0 Å². The minimum Gasteiger partial charge on any atom is -0.379 e. The maximum absolute atomic E-state index is 11.5. The van der Waals surface area contributed by atoms with Crippen LogP contribution in [0.25, 0.3) is 0 Å². The molecule has 1 aliphatic heterocycles. The Labute approximate surface area is 150 Å². The van der Waals surface area contributed by atoms with Crippen LogP contribution in [0.2, 0.25) is 0 Å². The molecule has 0 atom stereocenters. The first-order chi connectivity index (χ1) is 12.6. The molecule has 1 fully saturated rings. The van der Waals surface area contributed by atoms with E-state index in [1.165, 1.54) is 6.33 Å². The standard InChI is InChI=1S/C16H21N7O3/c1-12-2-3-13(18-10-12)21-16-14(23(24)25)15(19-11-20-16)17-4-5-22-6-8-26-9-7-22/h2-3,10-11H,4-9H2,1H3,(H2,17,18,19,20,21). The Balaban J connectivity index is 1.70. The van der Waals surface area contributed by atoms with E-state index in [9.17, 15) is 10.1 Å². The molecule has 0 radical (unpaired) electrons. The van der Waals surface area contributed by atoms with Crippen molar-refractivity contribution in [3.05, 3.63) is 40.3 Å². The summed E-state index contributed by atoms with van der Waals surface area (Å²) in [5.74, 6) is 0.778. The third-order valence-electron chi connectivity index (χ3n) is 3.99. The molecule has 3 rings (SSSR count). The molecule has 2 aromatic rings. The zero-order chi connectivity index (χ0) is 18.4. The lowest BCUT2D eigenvalue weighted by molar-refractivity contribution is -0.383. The quantitative estimate of drug-likeness (QED) is 0.561. The van der Waals surface area contributed by atoms with Gasteiger partial charge in [0.1, 0.15) is 12.1 Å². The third kappa shape index (κ3) is 4.61. The number of nitrogens with one attached hydrogen (secondary N) is 2. The topological polar surface area (TPSA) is 118 Å². The number of pyridine rings is 1. The first kappa shape index (κ1) is 18.0. The number of aromatic nitrogens is 3. The predicted octanol–water partition coefficient (Wildman–Crippen LogP) is 1.58. The summed E-state index contributed by atoms with van der Waals surface area (Å²) in [4.78, 5) is 25.5. The minimum atomic E-state index is -0.492. The van der Waals surface area contributed by atoms with Gasteiger partial charge in [0.2, 0.25) is 11.6 Å². The van der Waals surface area contributed by atoms with E-state index >= 15 is 0 Å². The van der Waals surface area contributed by atoms with Crippen LogP contribution in [0.1, 0.15) is 5.56 Å². The molecule has 1 aliphatic rings. The maximum Gasteiger partial charge on any atom is 0.353 e. The van der Waals surface area contributed by atoms with Crippen molar-refractivity contribution in [3.63, 3.8) is 0 Å². The lowest BCUT2D eigenvalue weighted by Gasteiger charge is -2.26. The zero-order valence-corrected chi connectivity index (χ0v) is 14.5. The van der Waals surface area contributed by atoms with Gasteiger partial charge >= 0.3 is 5.69 Å². The van der Waals surface area contributed by atoms with E-state index in [4.69, 9.17) is 4.74 Å². The van der Waals surface area contributed by atoms with Crippen molar-refractivity contribution >= 4 is 23.1 Å². The Kier molecular flexibility index (Phi) is 5.87. The van der Waals surface area contributed by atoms with Gasteiger partial charge < -0.3 is 15.4 Å². The van der Waals surface area contributed by atoms with E-state index in [1.807, 2.05) is 13.0 Å². The van der Waals surface area contributed by atoms with Gasteiger partial charge in [-0.2, -0.15) is 0 Å². The van der Waals surface area contributed by atoms with Gasteiger partial charge in [-0.15, -0.1) is 0 Å². The molecule has 2 N–H and O–H groups in total. The second-order valence-electron chi connectivity index (χ2n) is 5.90. The van der Waals surface area contributed by atoms with Crippen LogP contribution in [0, 0.1) is 17.0 Å². The van der Waals surface area contributed by atoms with Crippen LogP contribution in [-0.4, -0.2) is 64.2 Å². The molecule has 0 saturated carbocycles. The van der Waals surface area contributed by atoms with E-state index in [0.29, 0.717) is 25.6 Å². The van der Waals surface area contributed by atoms with Gasteiger partial charge in [-0.25, -0.2) is 15.0 Å². The average Bonchev–Trinajstić information content (AvgIpc) is 2.64. The van der Waals surface area contributed by atoms with Crippen LogP contribution < -0.4 is 10.6 Å². The minimum absolute atomic E-state index is 0.107. The normalized spacial score (nSPS) is 14.8. The van der Waals surface area contributed by atoms with Crippen LogP contribution in [0.3, 0.4) is 0 Å². The highest BCUT2D eigenvalue weighted by molar-refractivity contribution is 5.72. The molecule has 3 heterocycles. The summed E-state index contributed by atoms with van der Waals surface area (Å²) in [5, 5.41) is 17.5. The number of rotatable bonds is 7. The highest BCUT2D eigenvalue weighted by Crippen LogP contribution is 2.30. The molecule has 0 aromatic carbocycles. The van der Waals surface area contributed by atoms with Crippen molar-refractivity contribution in [3.8, 4) is 0 Å². The fraction of sp³-hybridized carbons (Fsp3) is 0.438. The second-order valence-corrected chi connectivity index (χ2v) is 5.90. The Hall–Kier alpha value is -2.85. The summed E-state index contributed by atoms with van der Waals surface area (Å²) >= 11 is 0. The number of hydrogen-bond acceptors (Lipinski definition) is 9. The molecule has 1 saturated heterocycles. The molecular weight excluding hydrogens is 338 g/mol. The largest absolute Gasteiger partial charge is 0.379 e. The lowest BCUT2D eigenvalue weighted by Crippen LogP contribution is -2.39. The van der Waals surface area contributed by atoms with Crippen LogP contribution in [0.4, 0.5) is 23.1 Å². The molecule has 138 valence electrons. The number of hydrogen-bond donors (Lipinski definition) is 2. The average molecular weight is 359 g/mol. The van der Waals surface area contributed by atoms with E-state index in [-0.39, 0.29) is 17.3 Å². The fourth-order valence-corrected chi connectivity index (χ4v) is 2.59. The Bertz CT molecular complexity index is 748. The number of morpholine rings is 1. The third-order valence-corrected chi connectivity index (χ3v) is 3.99. The molecule has 0 bridgehead atoms. The number of nitro groups is 1. The Morgan fingerprint density at radius 2 is 2.00 bits per heavy atom. The molecule has 0 aliphatic carbocycles. The SMILES string of the molecule is Cc1ccc(Nc2ncnc(NCCN3CCOCC3)c2[N+](=O)[O-])nc1. The van der Waals surface area contributed by atoms with Gasteiger partial charge in [0.05, 0.1) is 18.1 Å². The van der Waals surface area contributed by atoms with E-state index in [0.717, 1.165) is 25.2 Å². The van der Waals surface area contributed by atoms with Gasteiger partial charge in [-0.3, -0.25) is 15.0 Å². The summed E-state index contributed by atoms with van der Waals surface area (Å²) in [5.41, 5.74) is 0.801. The van der Waals surface area contributed by atoms with Gasteiger partial charge in [-0.05, 0) is 18.6 Å². The summed E-state index contributed by atoms with van der Waals surface area (Å²) in [7, 11) is 0. The first-order valence-electron chi connectivity index (χ1n) is 8.36. The van der Waals surface area contributed by atoms with Crippen LogP contribution in [0.15, 0.2) is 24.7 Å². The van der Waals surface area contributed by atoms with Gasteiger partial charge in [-0.1, -0.05) is 6.07 Å². The number of ether oxygens (including phenoxy) is 1. The van der Waals surface area contributed by atoms with Crippen LogP contribution in [-0.2, 0) is 4.74 Å². The molecular formula is C16H21N7O3. The number of nitrogens with zero attached hydrogens (tertiary/aromatic N) is 5. The van der Waals surface area contributed by atoms with E-state index < -0.39 is 4.92 Å². The highest BCUT2D eigenvalue weighted by Gasteiger charge is 2.23. The summed E-state index contributed by atoms with van der Waals surface area (Å²) in [6.07, 6.45) is 2.97. The maximum atomic E-state index is 11.5. The molecule has 0 amide bonds. The number of anilines is 3. The fourth-order valence-electron chi connectivity index (χ4n) is 2.59. The number of aryl methyl sites for hydroxylation is 1. The van der Waals surface area contributed by atoms with Crippen molar-refractivity contribution in [2.24, 2.45) is 0 Å². The molecule has 26 heavy (non-hydrogen) atoms. The second kappa shape index (κ2) is 8.50. The van der Waals surface area contributed by atoms with Crippen molar-refractivity contribution in [1.29, 1.82) is 0 Å². The predicted molar refractivity (Wildman–Crippen MR) is 96.7 cm³/mol. The van der Waals surface area contributed by atoms with Gasteiger partial charge in [0, 0.05) is 32.4 Å². The lowest BCUT2D eigenvalue weighted by atomic mass is 10.3. The zero-order valence-electron chi connectivity index (χ0n) is 14.5. The monoisotopic (exact) mass is 359 g/mol. The van der Waals surface area contributed by atoms with Crippen molar-refractivity contribution < 1.29 is 9.66 Å². The first-order valence-corrected chi connectivity index (χ1v) is 8.36. The van der Waals surface area contributed by atoms with Crippen molar-refractivity contribution in [2.75, 3.05) is 50.0 Å². The Morgan fingerprint density at radius 3 is 2.69 bits per heavy atom. The summed E-state index contributed by atoms with van der Waals surface area (Å²) in [6, 6.07) is 3.61. The molecule has 10 heteroatoms. The smallest absolute Gasteiger partial charge is 0.353 e. The van der Waals surface area contributed by atoms with Gasteiger partial charge in [0.15, 0.2) is 0 Å². The summed E-state index contributed by atoms with van der Waals surface area (Å²) < 4.78 is 5.31. The molecule has 0 spiro atoms. The summed E-state index contributed by atoms with van der Waals surface area (Å²) in [6.45, 7) is 6.36. The van der Waals surface area contributed by atoms with Crippen LogP contribution in [0.5, 0.6) is 0 Å². The molecule has 0 unspecified atom stereocenters. The van der Waals surface area contributed by atoms with E-state index in [1.54, 1.807) is 12.3 Å². The molecule has 10 nitrogen and oxygen atoms in total. The highest BCUT2D eigenvalue weighted by atomic mass is 16.6.